The molecule has 0 saturated heterocycles. The zero-order chi connectivity index (χ0) is 13.7. The Kier molecular flexibility index (Phi) is 4.52. The lowest BCUT2D eigenvalue weighted by Crippen LogP contribution is -2.29. The van der Waals surface area contributed by atoms with Crippen LogP contribution in [0.4, 0.5) is 0 Å². The molecule has 5 nitrogen and oxygen atoms in total. The molecule has 0 aromatic carbocycles. The van der Waals surface area contributed by atoms with Gasteiger partial charge in [0.2, 0.25) is 0 Å². The normalized spacial score (nSPS) is 11.1. The van der Waals surface area contributed by atoms with E-state index < -0.39 is 0 Å². The van der Waals surface area contributed by atoms with E-state index in [1.165, 1.54) is 0 Å². The fraction of sp³-hybridized carbons (Fsp3) is 0.429. The predicted octanol–water partition coefficient (Wildman–Crippen LogP) is 1.42. The maximum Gasteiger partial charge on any atom is 0.328 e. The van der Waals surface area contributed by atoms with E-state index in [0.717, 1.165) is 18.8 Å². The molecule has 102 valence electrons. The van der Waals surface area contributed by atoms with Crippen LogP contribution in [0.25, 0.3) is 0 Å². The Balaban J connectivity index is 1.82. The highest BCUT2D eigenvalue weighted by molar-refractivity contribution is 5.02. The quantitative estimate of drug-likeness (QED) is 0.799. The smallest absolute Gasteiger partial charge is 0.309 e. The summed E-state index contributed by atoms with van der Waals surface area (Å²) in [6, 6.07) is 6.05. The average Bonchev–Trinajstić information content (AvgIpc) is 2.77. The zero-order valence-corrected chi connectivity index (χ0v) is 11.4. The largest absolute Gasteiger partial charge is 0.328 e. The molecule has 0 fully saturated rings. The first-order chi connectivity index (χ1) is 9.18. The molecule has 2 aromatic heterocycles. The van der Waals surface area contributed by atoms with Gasteiger partial charge in [0.25, 0.3) is 0 Å². The van der Waals surface area contributed by atoms with Gasteiger partial charge in [0.15, 0.2) is 0 Å². The van der Waals surface area contributed by atoms with Crippen LogP contribution in [0.15, 0.2) is 41.6 Å². The van der Waals surface area contributed by atoms with Gasteiger partial charge in [0, 0.05) is 44.3 Å². The fourth-order valence-corrected chi connectivity index (χ4v) is 1.91. The lowest BCUT2D eigenvalue weighted by Gasteiger charge is -2.06. The molecule has 0 bridgehead atoms. The van der Waals surface area contributed by atoms with E-state index in [4.69, 9.17) is 0 Å². The van der Waals surface area contributed by atoms with Crippen molar-refractivity contribution in [1.29, 1.82) is 0 Å². The third-order valence-electron chi connectivity index (χ3n) is 2.99. The molecule has 2 rings (SSSR count). The summed E-state index contributed by atoms with van der Waals surface area (Å²) in [6.45, 7) is 6.15. The number of pyridine rings is 1. The van der Waals surface area contributed by atoms with E-state index >= 15 is 0 Å². The molecular weight excluding hydrogens is 240 g/mol. The topological polar surface area (TPSA) is 51.9 Å². The van der Waals surface area contributed by atoms with Crippen molar-refractivity contribution in [3.63, 3.8) is 0 Å². The molecule has 0 radical (unpaired) electrons. The van der Waals surface area contributed by atoms with Crippen LogP contribution in [0.1, 0.15) is 25.6 Å². The molecule has 0 unspecified atom stereocenters. The molecule has 0 aliphatic heterocycles. The number of imidazole rings is 1. The van der Waals surface area contributed by atoms with Gasteiger partial charge in [-0.15, -0.1) is 0 Å². The van der Waals surface area contributed by atoms with Gasteiger partial charge in [0.1, 0.15) is 0 Å². The van der Waals surface area contributed by atoms with E-state index in [0.29, 0.717) is 6.54 Å². The SMILES string of the molecule is CC(C)n1ccn(CCNCc2ccccn2)c1=O. The van der Waals surface area contributed by atoms with E-state index in [2.05, 4.69) is 10.3 Å². The van der Waals surface area contributed by atoms with Crippen LogP contribution >= 0.6 is 0 Å². The van der Waals surface area contributed by atoms with Gasteiger partial charge >= 0.3 is 5.69 Å². The van der Waals surface area contributed by atoms with Crippen molar-refractivity contribution in [2.24, 2.45) is 0 Å². The molecular formula is C14H20N4O. The number of nitrogens with one attached hydrogen (secondary N) is 1. The Morgan fingerprint density at radius 1 is 1.32 bits per heavy atom. The summed E-state index contributed by atoms with van der Waals surface area (Å²) in [5, 5.41) is 3.28. The van der Waals surface area contributed by atoms with Crippen LogP contribution in [-0.4, -0.2) is 20.7 Å². The van der Waals surface area contributed by atoms with Crippen molar-refractivity contribution in [2.75, 3.05) is 6.54 Å². The minimum atomic E-state index is 0.0506. The predicted molar refractivity (Wildman–Crippen MR) is 75.0 cm³/mol. The van der Waals surface area contributed by atoms with E-state index in [-0.39, 0.29) is 11.7 Å². The number of hydrogen-bond donors (Lipinski definition) is 1. The molecule has 0 atom stereocenters. The third kappa shape index (κ3) is 3.54. The van der Waals surface area contributed by atoms with E-state index in [9.17, 15) is 4.79 Å². The maximum absolute atomic E-state index is 12.0. The second-order valence-corrected chi connectivity index (χ2v) is 4.77. The van der Waals surface area contributed by atoms with Crippen molar-refractivity contribution in [3.8, 4) is 0 Å². The van der Waals surface area contributed by atoms with Gasteiger partial charge in [-0.2, -0.15) is 0 Å². The second kappa shape index (κ2) is 6.33. The highest BCUT2D eigenvalue weighted by Gasteiger charge is 2.05. The summed E-state index contributed by atoms with van der Waals surface area (Å²) in [6.07, 6.45) is 5.46. The monoisotopic (exact) mass is 260 g/mol. The molecule has 19 heavy (non-hydrogen) atoms. The standard InChI is InChI=1S/C14H20N4O/c1-12(2)18-10-9-17(14(18)19)8-7-15-11-13-5-3-4-6-16-13/h3-6,9-10,12,15H,7-8,11H2,1-2H3. The molecule has 0 aliphatic rings. The van der Waals surface area contributed by atoms with Crippen LogP contribution in [0.5, 0.6) is 0 Å². The Morgan fingerprint density at radius 3 is 2.79 bits per heavy atom. The van der Waals surface area contributed by atoms with Crippen LogP contribution in [0, 0.1) is 0 Å². The molecule has 0 aliphatic carbocycles. The van der Waals surface area contributed by atoms with Crippen LogP contribution in [0.3, 0.4) is 0 Å². The average molecular weight is 260 g/mol. The fourth-order valence-electron chi connectivity index (χ4n) is 1.91. The first-order valence-corrected chi connectivity index (χ1v) is 6.56. The van der Waals surface area contributed by atoms with Crippen molar-refractivity contribution < 1.29 is 0 Å². The van der Waals surface area contributed by atoms with E-state index in [1.54, 1.807) is 15.3 Å². The third-order valence-corrected chi connectivity index (χ3v) is 2.99. The van der Waals surface area contributed by atoms with Gasteiger partial charge in [-0.25, -0.2) is 4.79 Å². The number of aromatic nitrogens is 3. The van der Waals surface area contributed by atoms with Gasteiger partial charge in [0.05, 0.1) is 5.69 Å². The van der Waals surface area contributed by atoms with Crippen molar-refractivity contribution >= 4 is 0 Å². The van der Waals surface area contributed by atoms with Gasteiger partial charge in [-0.3, -0.25) is 14.1 Å². The first-order valence-electron chi connectivity index (χ1n) is 6.56. The second-order valence-electron chi connectivity index (χ2n) is 4.77. The number of hydrogen-bond acceptors (Lipinski definition) is 3. The highest BCUT2D eigenvalue weighted by Crippen LogP contribution is 1.98. The summed E-state index contributed by atoms with van der Waals surface area (Å²) < 4.78 is 3.46. The van der Waals surface area contributed by atoms with Gasteiger partial charge < -0.3 is 5.32 Å². The zero-order valence-electron chi connectivity index (χ0n) is 11.4. The Labute approximate surface area is 112 Å². The van der Waals surface area contributed by atoms with Crippen molar-refractivity contribution in [1.82, 2.24) is 19.4 Å². The molecule has 5 heteroatoms. The molecule has 2 heterocycles. The Morgan fingerprint density at radius 2 is 2.16 bits per heavy atom. The number of nitrogens with zero attached hydrogens (tertiary/aromatic N) is 3. The summed E-state index contributed by atoms with van der Waals surface area (Å²) in [5.74, 6) is 0. The molecule has 1 N–H and O–H groups in total. The van der Waals surface area contributed by atoms with Crippen molar-refractivity contribution in [2.45, 2.75) is 33.0 Å². The summed E-state index contributed by atoms with van der Waals surface area (Å²) in [5.41, 5.74) is 1.06. The lowest BCUT2D eigenvalue weighted by molar-refractivity contribution is 0.534. The van der Waals surface area contributed by atoms with Crippen LogP contribution in [0.2, 0.25) is 0 Å². The lowest BCUT2D eigenvalue weighted by atomic mass is 10.3. The summed E-state index contributed by atoms with van der Waals surface area (Å²) in [7, 11) is 0. The first kappa shape index (κ1) is 13.5. The van der Waals surface area contributed by atoms with Gasteiger partial charge in [-0.05, 0) is 26.0 Å². The summed E-state index contributed by atoms with van der Waals surface area (Å²) in [4.78, 5) is 16.2. The minimum absolute atomic E-state index is 0.0506. The van der Waals surface area contributed by atoms with E-state index in [1.807, 2.05) is 44.4 Å². The Hall–Kier alpha value is -1.88. The molecule has 0 amide bonds. The molecule has 0 saturated carbocycles. The van der Waals surface area contributed by atoms with Crippen molar-refractivity contribution in [3.05, 3.63) is 53.0 Å². The molecule has 2 aromatic rings. The van der Waals surface area contributed by atoms with Crippen LogP contribution in [-0.2, 0) is 13.1 Å². The maximum atomic E-state index is 12.0. The Bertz CT molecular complexity index is 556. The van der Waals surface area contributed by atoms with Crippen LogP contribution < -0.4 is 11.0 Å². The van der Waals surface area contributed by atoms with Gasteiger partial charge in [-0.1, -0.05) is 6.07 Å². The minimum Gasteiger partial charge on any atom is -0.309 e. The summed E-state index contributed by atoms with van der Waals surface area (Å²) >= 11 is 0. The molecule has 0 spiro atoms. The highest BCUT2D eigenvalue weighted by atomic mass is 16.1. The number of rotatable bonds is 6.